The summed E-state index contributed by atoms with van der Waals surface area (Å²) >= 11 is 0. The molecular weight excluding hydrogens is 376 g/mol. The van der Waals surface area contributed by atoms with Crippen LogP contribution in [0.15, 0.2) is 47.3 Å². The number of aromatic hydroxyl groups is 1. The molecule has 2 aliphatic rings. The summed E-state index contributed by atoms with van der Waals surface area (Å²) in [7, 11) is 1.36. The number of esters is 1. The lowest BCUT2D eigenvalue weighted by Crippen LogP contribution is -2.54. The van der Waals surface area contributed by atoms with Crippen molar-refractivity contribution in [1.29, 1.82) is 0 Å². The smallest absolute Gasteiger partial charge is 0.343 e. The normalized spacial score (nSPS) is 24.1. The molecule has 7 heteroatoms. The highest BCUT2D eigenvalue weighted by Crippen LogP contribution is 2.38. The van der Waals surface area contributed by atoms with Crippen molar-refractivity contribution in [1.82, 2.24) is 0 Å². The average molecular weight is 400 g/mol. The van der Waals surface area contributed by atoms with E-state index in [0.29, 0.717) is 22.5 Å². The molecule has 1 heterocycles. The number of rotatable bonds is 4. The molecule has 29 heavy (non-hydrogen) atoms. The van der Waals surface area contributed by atoms with Gasteiger partial charge >= 0.3 is 5.97 Å². The summed E-state index contributed by atoms with van der Waals surface area (Å²) in [5.74, 6) is -0.648. The Kier molecular flexibility index (Phi) is 5.53. The van der Waals surface area contributed by atoms with E-state index in [9.17, 15) is 19.8 Å². The van der Waals surface area contributed by atoms with Gasteiger partial charge in [-0.1, -0.05) is 6.08 Å². The lowest BCUT2D eigenvalue weighted by Gasteiger charge is -2.39. The van der Waals surface area contributed by atoms with Crippen LogP contribution >= 0.6 is 0 Å². The summed E-state index contributed by atoms with van der Waals surface area (Å²) in [6.07, 6.45) is 4.24. The Balaban J connectivity index is 1.94. The van der Waals surface area contributed by atoms with Crippen LogP contribution in [0.5, 0.6) is 11.5 Å². The maximum atomic E-state index is 13.1. The minimum atomic E-state index is -1.76. The number of carbonyl (C=O) groups is 2. The van der Waals surface area contributed by atoms with E-state index in [2.05, 4.69) is 0 Å². The number of carbonyl (C=O) groups excluding carboxylic acids is 2. The maximum Gasteiger partial charge on any atom is 0.343 e. The molecule has 0 radical (unpaired) electrons. The third-order valence-corrected chi connectivity index (χ3v) is 5.21. The zero-order valence-corrected chi connectivity index (χ0v) is 16.8. The van der Waals surface area contributed by atoms with Crippen LogP contribution in [0.2, 0.25) is 0 Å². The average Bonchev–Trinajstić information content (AvgIpc) is 2.66. The van der Waals surface area contributed by atoms with E-state index < -0.39 is 23.5 Å². The van der Waals surface area contributed by atoms with Gasteiger partial charge in [0.1, 0.15) is 35.5 Å². The van der Waals surface area contributed by atoms with Crippen LogP contribution in [-0.4, -0.2) is 47.4 Å². The van der Waals surface area contributed by atoms with Crippen molar-refractivity contribution < 1.29 is 34.0 Å². The SMILES string of the molecule is C/C=C/C1=CC2=C(CO1)C(=O)[C@@](C)(OC(=O)c1c(C)cc(O)cc1OC)[C@H](O)C2. The van der Waals surface area contributed by atoms with Gasteiger partial charge in [0.25, 0.3) is 0 Å². The number of ketones is 1. The Hall–Kier alpha value is -3.06. The molecule has 0 spiro atoms. The van der Waals surface area contributed by atoms with Crippen molar-refractivity contribution in [3.05, 3.63) is 58.4 Å². The van der Waals surface area contributed by atoms with E-state index in [0.717, 1.165) is 0 Å². The molecule has 0 unspecified atom stereocenters. The van der Waals surface area contributed by atoms with Gasteiger partial charge in [0.15, 0.2) is 5.60 Å². The predicted molar refractivity (Wildman–Crippen MR) is 105 cm³/mol. The number of aliphatic hydroxyl groups is 1. The first-order chi connectivity index (χ1) is 13.7. The molecule has 7 nitrogen and oxygen atoms in total. The first kappa shape index (κ1) is 20.7. The second-order valence-electron chi connectivity index (χ2n) is 7.22. The third-order valence-electron chi connectivity index (χ3n) is 5.21. The molecular formula is C22H24O7. The van der Waals surface area contributed by atoms with Crippen LogP contribution in [0.3, 0.4) is 0 Å². The molecule has 1 aliphatic heterocycles. The molecule has 1 aromatic rings. The van der Waals surface area contributed by atoms with E-state index in [1.807, 2.05) is 13.0 Å². The van der Waals surface area contributed by atoms with Crippen LogP contribution in [-0.2, 0) is 14.3 Å². The topological polar surface area (TPSA) is 102 Å². The number of phenols is 1. The van der Waals surface area contributed by atoms with Gasteiger partial charge in [0.05, 0.1) is 7.11 Å². The number of benzene rings is 1. The van der Waals surface area contributed by atoms with Crippen molar-refractivity contribution in [2.45, 2.75) is 38.9 Å². The van der Waals surface area contributed by atoms with Gasteiger partial charge in [-0.2, -0.15) is 0 Å². The lowest BCUT2D eigenvalue weighted by molar-refractivity contribution is -0.147. The lowest BCUT2D eigenvalue weighted by atomic mass is 9.77. The molecule has 0 saturated carbocycles. The molecule has 0 aromatic heterocycles. The number of allylic oxidation sites excluding steroid dienone is 3. The second-order valence-corrected chi connectivity index (χ2v) is 7.22. The van der Waals surface area contributed by atoms with Crippen molar-refractivity contribution in [3.8, 4) is 11.5 Å². The molecule has 154 valence electrons. The minimum Gasteiger partial charge on any atom is -0.508 e. The molecule has 3 rings (SSSR count). The van der Waals surface area contributed by atoms with Crippen molar-refractivity contribution in [3.63, 3.8) is 0 Å². The molecule has 2 atom stereocenters. The number of Topliss-reactive ketones (excluding diaryl/α,β-unsaturated/α-hetero) is 1. The second kappa shape index (κ2) is 7.75. The number of methoxy groups -OCH3 is 1. The minimum absolute atomic E-state index is 0.0474. The molecule has 0 amide bonds. The first-order valence-corrected chi connectivity index (χ1v) is 9.24. The molecule has 1 aliphatic carbocycles. The number of aryl methyl sites for hydroxylation is 1. The molecule has 1 aromatic carbocycles. The van der Waals surface area contributed by atoms with Gasteiger partial charge in [-0.15, -0.1) is 0 Å². The number of ether oxygens (including phenoxy) is 3. The van der Waals surface area contributed by atoms with Crippen LogP contribution < -0.4 is 4.74 Å². The van der Waals surface area contributed by atoms with Gasteiger partial charge in [-0.05, 0) is 50.1 Å². The van der Waals surface area contributed by atoms with Crippen molar-refractivity contribution in [2.75, 3.05) is 13.7 Å². The standard InChI is InChI=1S/C22H24O7/c1-5-6-15-8-13-9-18(24)22(3,20(25)16(13)11-28-15)29-21(26)19-12(2)7-14(23)10-17(19)27-4/h5-8,10,18,23-24H,9,11H2,1-4H3/b6-5+/t18-,22+/m1/s1. The maximum absolute atomic E-state index is 13.1. The number of phenolic OH excluding ortho intramolecular Hbond substituents is 1. The third kappa shape index (κ3) is 3.65. The summed E-state index contributed by atoms with van der Waals surface area (Å²) in [6, 6.07) is 2.68. The Morgan fingerprint density at radius 3 is 2.76 bits per heavy atom. The van der Waals surface area contributed by atoms with Crippen LogP contribution in [0.1, 0.15) is 36.2 Å². The van der Waals surface area contributed by atoms with Crippen molar-refractivity contribution in [2.24, 2.45) is 0 Å². The van der Waals surface area contributed by atoms with E-state index >= 15 is 0 Å². The Morgan fingerprint density at radius 2 is 2.10 bits per heavy atom. The molecule has 0 saturated heterocycles. The van der Waals surface area contributed by atoms with Gasteiger partial charge in [-0.25, -0.2) is 4.79 Å². The van der Waals surface area contributed by atoms with E-state index in [1.54, 1.807) is 19.1 Å². The quantitative estimate of drug-likeness (QED) is 0.749. The largest absolute Gasteiger partial charge is 0.508 e. The predicted octanol–water partition coefficient (Wildman–Crippen LogP) is 2.75. The Morgan fingerprint density at radius 1 is 1.38 bits per heavy atom. The van der Waals surface area contributed by atoms with E-state index in [-0.39, 0.29) is 30.1 Å². The van der Waals surface area contributed by atoms with Gasteiger partial charge in [-0.3, -0.25) is 4.79 Å². The van der Waals surface area contributed by atoms with Gasteiger partial charge in [0.2, 0.25) is 5.78 Å². The van der Waals surface area contributed by atoms with Crippen molar-refractivity contribution >= 4 is 11.8 Å². The number of hydrogen-bond donors (Lipinski definition) is 2. The fraction of sp³-hybridized carbons (Fsp3) is 0.364. The summed E-state index contributed by atoms with van der Waals surface area (Å²) in [5, 5.41) is 20.4. The van der Waals surface area contributed by atoms with Crippen LogP contribution in [0, 0.1) is 6.92 Å². The highest BCUT2D eigenvalue weighted by molar-refractivity contribution is 6.07. The summed E-state index contributed by atoms with van der Waals surface area (Å²) in [4.78, 5) is 26.0. The number of hydrogen-bond acceptors (Lipinski definition) is 7. The fourth-order valence-electron chi connectivity index (χ4n) is 3.57. The van der Waals surface area contributed by atoms with Crippen LogP contribution in [0.4, 0.5) is 0 Å². The van der Waals surface area contributed by atoms with E-state index in [1.165, 1.54) is 26.2 Å². The Bertz CT molecular complexity index is 954. The molecule has 2 N–H and O–H groups in total. The highest BCUT2D eigenvalue weighted by atomic mass is 16.6. The first-order valence-electron chi connectivity index (χ1n) is 9.24. The highest BCUT2D eigenvalue weighted by Gasteiger charge is 2.50. The Labute approximate surface area is 168 Å². The summed E-state index contributed by atoms with van der Waals surface area (Å²) < 4.78 is 16.3. The van der Waals surface area contributed by atoms with Gasteiger partial charge < -0.3 is 24.4 Å². The van der Waals surface area contributed by atoms with E-state index in [4.69, 9.17) is 14.2 Å². The zero-order valence-electron chi connectivity index (χ0n) is 16.8. The monoisotopic (exact) mass is 400 g/mol. The summed E-state index contributed by atoms with van der Waals surface area (Å²) in [6.45, 7) is 4.91. The zero-order chi connectivity index (χ0) is 21.3. The molecule has 0 fully saturated rings. The summed E-state index contributed by atoms with van der Waals surface area (Å²) in [5.41, 5.74) is -0.197. The van der Waals surface area contributed by atoms with Gasteiger partial charge in [0, 0.05) is 18.1 Å². The molecule has 0 bridgehead atoms. The van der Waals surface area contributed by atoms with Crippen LogP contribution in [0.25, 0.3) is 0 Å². The number of aliphatic hydroxyl groups excluding tert-OH is 1. The fourth-order valence-corrected chi connectivity index (χ4v) is 3.57.